The summed E-state index contributed by atoms with van der Waals surface area (Å²) in [4.78, 5) is 23.6. The second-order valence-electron chi connectivity index (χ2n) is 5.92. The van der Waals surface area contributed by atoms with Crippen molar-refractivity contribution in [3.05, 3.63) is 12.7 Å². The van der Waals surface area contributed by atoms with E-state index in [1.54, 1.807) is 0 Å². The van der Waals surface area contributed by atoms with Gasteiger partial charge in [-0.25, -0.2) is 9.59 Å². The Morgan fingerprint density at radius 3 is 2.34 bits per heavy atom. The van der Waals surface area contributed by atoms with Crippen molar-refractivity contribution in [2.45, 2.75) is 36.6 Å². The molecule has 29 heavy (non-hydrogen) atoms. The number of aliphatic hydroxyl groups is 4. The Bertz CT molecular complexity index is 558. The summed E-state index contributed by atoms with van der Waals surface area (Å²) in [5.74, 6) is 0.225. The smallest absolute Gasteiger partial charge is 0.317 e. The Balaban J connectivity index is 2.96. The van der Waals surface area contributed by atoms with Crippen LogP contribution in [0.3, 0.4) is 0 Å². The highest BCUT2D eigenvalue weighted by Gasteiger charge is 2.58. The monoisotopic (exact) mass is 460 g/mol. The van der Waals surface area contributed by atoms with Crippen molar-refractivity contribution >= 4 is 35.3 Å². The molecule has 12 nitrogen and oxygen atoms in total. The van der Waals surface area contributed by atoms with Crippen LogP contribution in [0.25, 0.3) is 0 Å². The molecule has 0 bridgehead atoms. The zero-order valence-corrected chi connectivity index (χ0v) is 16.9. The van der Waals surface area contributed by atoms with Gasteiger partial charge in [0.1, 0.15) is 18.3 Å². The van der Waals surface area contributed by atoms with E-state index in [1.165, 1.54) is 6.08 Å². The van der Waals surface area contributed by atoms with E-state index in [9.17, 15) is 30.0 Å². The molecule has 2 unspecified atom stereocenters. The van der Waals surface area contributed by atoms with E-state index >= 15 is 0 Å². The number of rotatable bonds is 10. The Kier molecular flexibility index (Phi) is 10.9. The second kappa shape index (κ2) is 12.3. The molecule has 1 rings (SSSR count). The van der Waals surface area contributed by atoms with Gasteiger partial charge in [0.25, 0.3) is 0 Å². The van der Waals surface area contributed by atoms with E-state index < -0.39 is 48.6 Å². The molecule has 0 aliphatic carbocycles. The molecule has 0 aromatic carbocycles. The predicted octanol–water partition coefficient (Wildman–Crippen LogP) is -2.28. The minimum absolute atomic E-state index is 0.0594. The van der Waals surface area contributed by atoms with Crippen LogP contribution in [0.4, 0.5) is 9.59 Å². The number of carbonyl (C=O) groups excluding carboxylic acids is 2. The summed E-state index contributed by atoms with van der Waals surface area (Å²) in [6.07, 6.45) is -7.86. The lowest BCUT2D eigenvalue weighted by molar-refractivity contribution is -0.352. The molecule has 168 valence electrons. The molecule has 1 fully saturated rings. The number of urea groups is 2. The highest BCUT2D eigenvalue weighted by molar-refractivity contribution is 6.18. The first kappa shape index (κ1) is 25.7. The van der Waals surface area contributed by atoms with Gasteiger partial charge in [-0.3, -0.25) is 0 Å². The van der Waals surface area contributed by atoms with Crippen molar-refractivity contribution in [1.82, 2.24) is 21.3 Å². The normalized spacial score (nSPS) is 30.1. The molecule has 4 amide bonds. The average molecular weight is 461 g/mol. The number of hydrogen-bond donors (Lipinski definition) is 8. The number of carbonyl (C=O) groups is 2. The zero-order valence-electron chi connectivity index (χ0n) is 15.4. The van der Waals surface area contributed by atoms with Gasteiger partial charge in [-0.2, -0.15) is 0 Å². The van der Waals surface area contributed by atoms with Crippen molar-refractivity contribution in [1.29, 1.82) is 0 Å². The Hall–Kier alpha value is -1.38. The summed E-state index contributed by atoms with van der Waals surface area (Å²) < 4.78 is 10.6. The van der Waals surface area contributed by atoms with Gasteiger partial charge in [-0.15, -0.1) is 29.8 Å². The number of halogens is 2. The van der Waals surface area contributed by atoms with E-state index in [-0.39, 0.29) is 31.5 Å². The maximum absolute atomic E-state index is 11.9. The molecule has 0 spiro atoms. The average Bonchev–Trinajstić information content (AvgIpc) is 2.68. The van der Waals surface area contributed by atoms with Gasteiger partial charge in [-0.05, 0) is 0 Å². The SMILES string of the molecule is C=CCOC1O[C@H](C(O)NC(=O)NCCCl)[C@@H](O)[C@H](O)[C@]1(O)NC(=O)NCCCl. The Morgan fingerprint density at radius 1 is 1.21 bits per heavy atom. The lowest BCUT2D eigenvalue weighted by Crippen LogP contribution is -2.76. The quantitative estimate of drug-likeness (QED) is 0.102. The van der Waals surface area contributed by atoms with Crippen LogP contribution in [0.15, 0.2) is 12.7 Å². The fraction of sp³-hybridized carbons (Fsp3) is 0.733. The van der Waals surface area contributed by atoms with Crippen LogP contribution < -0.4 is 21.3 Å². The molecule has 0 aromatic rings. The lowest BCUT2D eigenvalue weighted by atomic mass is 9.92. The number of nitrogens with one attached hydrogen (secondary N) is 4. The van der Waals surface area contributed by atoms with Gasteiger partial charge < -0.3 is 51.2 Å². The molecule has 0 saturated carbocycles. The number of aliphatic hydroxyl groups excluding tert-OH is 3. The Labute approximate surface area is 177 Å². The van der Waals surface area contributed by atoms with Crippen molar-refractivity contribution in [2.75, 3.05) is 31.5 Å². The minimum atomic E-state index is -2.60. The second-order valence-corrected chi connectivity index (χ2v) is 6.68. The molecule has 6 atom stereocenters. The molecule has 0 aromatic heterocycles. The van der Waals surface area contributed by atoms with Gasteiger partial charge in [0, 0.05) is 24.8 Å². The number of alkyl halides is 2. The summed E-state index contributed by atoms with van der Waals surface area (Å²) >= 11 is 10.9. The van der Waals surface area contributed by atoms with Crippen LogP contribution in [0.5, 0.6) is 0 Å². The van der Waals surface area contributed by atoms with Crippen LogP contribution in [-0.2, 0) is 9.47 Å². The van der Waals surface area contributed by atoms with Crippen molar-refractivity contribution < 1.29 is 39.5 Å². The maximum atomic E-state index is 11.9. The summed E-state index contributed by atoms with van der Waals surface area (Å²) in [6, 6.07) is -1.74. The minimum Gasteiger partial charge on any atom is -0.387 e. The Morgan fingerprint density at radius 2 is 1.79 bits per heavy atom. The van der Waals surface area contributed by atoms with Gasteiger partial charge in [0.2, 0.25) is 12.0 Å². The largest absolute Gasteiger partial charge is 0.387 e. The van der Waals surface area contributed by atoms with E-state index in [0.717, 1.165) is 0 Å². The van der Waals surface area contributed by atoms with Crippen molar-refractivity contribution in [3.63, 3.8) is 0 Å². The van der Waals surface area contributed by atoms with Gasteiger partial charge in [0.15, 0.2) is 6.23 Å². The molecule has 14 heteroatoms. The third-order valence-electron chi connectivity index (χ3n) is 3.78. The molecule has 0 radical (unpaired) electrons. The topological polar surface area (TPSA) is 182 Å². The third kappa shape index (κ3) is 7.12. The lowest BCUT2D eigenvalue weighted by Gasteiger charge is -2.48. The van der Waals surface area contributed by atoms with E-state index in [1.807, 2.05) is 0 Å². The molecule has 1 aliphatic heterocycles. The highest BCUT2D eigenvalue weighted by Crippen LogP contribution is 2.30. The molecular formula is C15H26Cl2N4O8. The van der Waals surface area contributed by atoms with Crippen LogP contribution >= 0.6 is 23.2 Å². The van der Waals surface area contributed by atoms with E-state index in [0.29, 0.717) is 0 Å². The molecule has 1 aliphatic rings. The van der Waals surface area contributed by atoms with Crippen molar-refractivity contribution in [2.24, 2.45) is 0 Å². The first-order valence-electron chi connectivity index (χ1n) is 8.58. The maximum Gasteiger partial charge on any atom is 0.317 e. The summed E-state index contributed by atoms with van der Waals surface area (Å²) in [5.41, 5.74) is -2.60. The predicted molar refractivity (Wildman–Crippen MR) is 102 cm³/mol. The molecule has 8 N–H and O–H groups in total. The summed E-state index contributed by atoms with van der Waals surface area (Å²) in [7, 11) is 0. The number of hydrogen-bond acceptors (Lipinski definition) is 8. The number of ether oxygens (including phenoxy) is 2. The van der Waals surface area contributed by atoms with Crippen LogP contribution in [0.2, 0.25) is 0 Å². The summed E-state index contributed by atoms with van der Waals surface area (Å²) in [6.45, 7) is 3.44. The van der Waals surface area contributed by atoms with Gasteiger partial charge >= 0.3 is 12.1 Å². The zero-order chi connectivity index (χ0) is 22.0. The first-order valence-corrected chi connectivity index (χ1v) is 9.65. The van der Waals surface area contributed by atoms with Gasteiger partial charge in [-0.1, -0.05) is 6.08 Å². The first-order chi connectivity index (χ1) is 13.7. The van der Waals surface area contributed by atoms with Gasteiger partial charge in [0.05, 0.1) is 6.61 Å². The van der Waals surface area contributed by atoms with Crippen LogP contribution in [-0.4, -0.2) is 100 Å². The molecular weight excluding hydrogens is 435 g/mol. The molecule has 1 saturated heterocycles. The van der Waals surface area contributed by atoms with Crippen molar-refractivity contribution in [3.8, 4) is 0 Å². The highest BCUT2D eigenvalue weighted by atomic mass is 35.5. The standard InChI is InChI=1S/C15H26Cl2N4O8/c1-2-7-28-12-15(27,21-14(26)19-6-4-17)10(23)8(22)9(29-12)11(24)20-13(25)18-5-3-16/h2,8-12,22-24,27H,1,3-7H2,(H2,18,20,25)(H2,19,21,26)/t8-,9+,10+,11?,12?,15-/m1/s1. The fourth-order valence-electron chi connectivity index (χ4n) is 2.44. The van der Waals surface area contributed by atoms with E-state index in [4.69, 9.17) is 32.7 Å². The van der Waals surface area contributed by atoms with Crippen LogP contribution in [0.1, 0.15) is 0 Å². The molecule has 1 heterocycles. The summed E-state index contributed by atoms with van der Waals surface area (Å²) in [5, 5.41) is 50.4. The third-order valence-corrected chi connectivity index (χ3v) is 4.16. The number of amides is 4. The fourth-order valence-corrected chi connectivity index (χ4v) is 2.63. The van der Waals surface area contributed by atoms with E-state index in [2.05, 4.69) is 27.8 Å². The van der Waals surface area contributed by atoms with Crippen LogP contribution in [0, 0.1) is 0 Å².